The smallest absolute Gasteiger partial charge is 0.131 e. The summed E-state index contributed by atoms with van der Waals surface area (Å²) in [5.74, 6) is 0.339. The predicted octanol–water partition coefficient (Wildman–Crippen LogP) is 4.41. The van der Waals surface area contributed by atoms with E-state index in [4.69, 9.17) is 4.74 Å². The minimum absolute atomic E-state index is 0.00877. The van der Waals surface area contributed by atoms with Crippen LogP contribution in [0.5, 0.6) is 5.75 Å². The van der Waals surface area contributed by atoms with Crippen LogP contribution < -0.4 is 10.1 Å². The lowest BCUT2D eigenvalue weighted by Gasteiger charge is -2.31. The minimum atomic E-state index is -0.216. The minimum Gasteiger partial charge on any atom is -0.497 e. The van der Waals surface area contributed by atoms with Crippen LogP contribution >= 0.6 is 11.8 Å². The second-order valence-electron chi connectivity index (χ2n) is 5.08. The summed E-state index contributed by atoms with van der Waals surface area (Å²) in [6.45, 7) is 7.30. The number of ether oxygens (including phenoxy) is 1. The number of methoxy groups -OCH3 is 1. The second-order valence-corrected chi connectivity index (χ2v) is 6.36. The molecule has 0 amide bonds. The molecule has 1 N–H and O–H groups in total. The Bertz CT molecular complexity index is 413. The fraction of sp³-hybridized carbons (Fsp3) is 0.625. The van der Waals surface area contributed by atoms with E-state index >= 15 is 0 Å². The third-order valence-corrected chi connectivity index (χ3v) is 5.71. The molecule has 0 radical (unpaired) electrons. The molecule has 1 aromatic carbocycles. The Hall–Kier alpha value is -0.740. The number of hydrogen-bond donors (Lipinski definition) is 1. The van der Waals surface area contributed by atoms with E-state index in [1.165, 1.54) is 6.07 Å². The Morgan fingerprint density at radius 3 is 2.45 bits per heavy atom. The standard InChI is InChI=1S/C16H26FNOS/c1-6-16(7-2,20-5)11-18-12(3)14-9-8-13(19-4)10-15(14)17/h8-10,12,18H,6-7,11H2,1-5H3. The van der Waals surface area contributed by atoms with Gasteiger partial charge in [0.15, 0.2) is 0 Å². The van der Waals surface area contributed by atoms with Crippen molar-refractivity contribution in [2.75, 3.05) is 19.9 Å². The van der Waals surface area contributed by atoms with Crippen LogP contribution in [0.25, 0.3) is 0 Å². The van der Waals surface area contributed by atoms with Crippen LogP contribution in [0.2, 0.25) is 0 Å². The summed E-state index contributed by atoms with van der Waals surface area (Å²) in [6, 6.07) is 5.03. The van der Waals surface area contributed by atoms with Crippen LogP contribution in [0.1, 0.15) is 45.2 Å². The third kappa shape index (κ3) is 4.13. The van der Waals surface area contributed by atoms with Crippen LogP contribution in [-0.4, -0.2) is 24.7 Å². The van der Waals surface area contributed by atoms with Gasteiger partial charge in [-0.3, -0.25) is 0 Å². The number of rotatable bonds is 8. The van der Waals surface area contributed by atoms with Gasteiger partial charge in [-0.05, 0) is 32.1 Å². The number of benzene rings is 1. The van der Waals surface area contributed by atoms with Crippen molar-refractivity contribution in [3.63, 3.8) is 0 Å². The van der Waals surface area contributed by atoms with Gasteiger partial charge in [0.05, 0.1) is 7.11 Å². The van der Waals surface area contributed by atoms with Gasteiger partial charge in [-0.25, -0.2) is 4.39 Å². The lowest BCUT2D eigenvalue weighted by Crippen LogP contribution is -2.37. The zero-order valence-electron chi connectivity index (χ0n) is 13.1. The van der Waals surface area contributed by atoms with Crippen molar-refractivity contribution in [2.24, 2.45) is 0 Å². The van der Waals surface area contributed by atoms with Crippen molar-refractivity contribution in [3.8, 4) is 5.75 Å². The molecule has 114 valence electrons. The van der Waals surface area contributed by atoms with Gasteiger partial charge in [-0.2, -0.15) is 11.8 Å². The quantitative estimate of drug-likeness (QED) is 0.768. The molecule has 1 rings (SSSR count). The largest absolute Gasteiger partial charge is 0.497 e. The first-order valence-corrected chi connectivity index (χ1v) is 8.36. The van der Waals surface area contributed by atoms with Gasteiger partial charge in [0.25, 0.3) is 0 Å². The molecule has 0 spiro atoms. The molecule has 0 heterocycles. The van der Waals surface area contributed by atoms with Crippen molar-refractivity contribution in [1.82, 2.24) is 5.32 Å². The first-order chi connectivity index (χ1) is 9.51. The summed E-state index contributed by atoms with van der Waals surface area (Å²) in [6.07, 6.45) is 4.36. The van der Waals surface area contributed by atoms with Gasteiger partial charge in [0, 0.05) is 29.0 Å². The highest BCUT2D eigenvalue weighted by atomic mass is 32.2. The van der Waals surface area contributed by atoms with Gasteiger partial charge >= 0.3 is 0 Å². The fourth-order valence-electron chi connectivity index (χ4n) is 2.30. The third-order valence-electron chi connectivity index (χ3n) is 4.13. The van der Waals surface area contributed by atoms with E-state index in [1.54, 1.807) is 19.2 Å². The van der Waals surface area contributed by atoms with Gasteiger partial charge in [-0.1, -0.05) is 19.9 Å². The van der Waals surface area contributed by atoms with E-state index in [2.05, 4.69) is 25.4 Å². The lowest BCUT2D eigenvalue weighted by atomic mass is 10.0. The van der Waals surface area contributed by atoms with E-state index in [9.17, 15) is 4.39 Å². The first kappa shape index (κ1) is 17.3. The molecular formula is C16H26FNOS. The summed E-state index contributed by atoms with van der Waals surface area (Å²) >= 11 is 1.89. The molecule has 0 aliphatic rings. The van der Waals surface area contributed by atoms with Crippen molar-refractivity contribution in [2.45, 2.75) is 44.4 Å². The topological polar surface area (TPSA) is 21.3 Å². The predicted molar refractivity (Wildman–Crippen MR) is 86.2 cm³/mol. The van der Waals surface area contributed by atoms with E-state index in [1.807, 2.05) is 18.7 Å². The maximum absolute atomic E-state index is 14.0. The molecule has 20 heavy (non-hydrogen) atoms. The zero-order chi connectivity index (χ0) is 15.2. The first-order valence-electron chi connectivity index (χ1n) is 7.13. The molecule has 0 fully saturated rings. The van der Waals surface area contributed by atoms with E-state index < -0.39 is 0 Å². The lowest BCUT2D eigenvalue weighted by molar-refractivity contribution is 0.408. The van der Waals surface area contributed by atoms with Crippen LogP contribution in [0.4, 0.5) is 4.39 Å². The van der Waals surface area contributed by atoms with E-state index in [-0.39, 0.29) is 16.6 Å². The monoisotopic (exact) mass is 299 g/mol. The van der Waals surface area contributed by atoms with Crippen molar-refractivity contribution in [3.05, 3.63) is 29.6 Å². The zero-order valence-corrected chi connectivity index (χ0v) is 13.9. The summed E-state index contributed by atoms with van der Waals surface area (Å²) in [4.78, 5) is 0. The maximum atomic E-state index is 14.0. The van der Waals surface area contributed by atoms with Gasteiger partial charge in [0.2, 0.25) is 0 Å². The van der Waals surface area contributed by atoms with Gasteiger partial charge in [-0.15, -0.1) is 0 Å². The molecule has 0 aliphatic heterocycles. The molecule has 1 aromatic rings. The van der Waals surface area contributed by atoms with Crippen LogP contribution in [0.15, 0.2) is 18.2 Å². The van der Waals surface area contributed by atoms with Gasteiger partial charge < -0.3 is 10.1 Å². The Balaban J connectivity index is 2.74. The van der Waals surface area contributed by atoms with Crippen LogP contribution in [0, 0.1) is 5.82 Å². The van der Waals surface area contributed by atoms with Gasteiger partial charge in [0.1, 0.15) is 11.6 Å². The van der Waals surface area contributed by atoms with Crippen molar-refractivity contribution >= 4 is 11.8 Å². The molecule has 0 bridgehead atoms. The molecule has 0 aromatic heterocycles. The summed E-state index contributed by atoms with van der Waals surface area (Å²) < 4.78 is 19.3. The molecule has 1 unspecified atom stereocenters. The fourth-order valence-corrected chi connectivity index (χ4v) is 3.10. The Morgan fingerprint density at radius 2 is 2.00 bits per heavy atom. The average Bonchev–Trinajstić information content (AvgIpc) is 2.48. The number of halogens is 1. The maximum Gasteiger partial charge on any atom is 0.131 e. The highest BCUT2D eigenvalue weighted by Gasteiger charge is 2.25. The molecule has 4 heteroatoms. The van der Waals surface area contributed by atoms with Crippen LogP contribution in [0.3, 0.4) is 0 Å². The van der Waals surface area contributed by atoms with Crippen molar-refractivity contribution in [1.29, 1.82) is 0 Å². The Kier molecular flexibility index (Phi) is 6.83. The number of thioether (sulfide) groups is 1. The Labute approximate surface area is 126 Å². The van der Waals surface area contributed by atoms with Crippen LogP contribution in [-0.2, 0) is 0 Å². The molecule has 0 saturated heterocycles. The molecule has 0 saturated carbocycles. The summed E-state index contributed by atoms with van der Waals surface area (Å²) in [7, 11) is 1.55. The molecule has 1 atom stereocenters. The molecule has 2 nitrogen and oxygen atoms in total. The Morgan fingerprint density at radius 1 is 1.35 bits per heavy atom. The molecular weight excluding hydrogens is 273 g/mol. The highest BCUT2D eigenvalue weighted by Crippen LogP contribution is 2.30. The second kappa shape index (κ2) is 7.89. The highest BCUT2D eigenvalue weighted by molar-refractivity contribution is 8.00. The normalized spacial score (nSPS) is 13.3. The SMILES string of the molecule is CCC(CC)(CNC(C)c1ccc(OC)cc1F)SC. The number of hydrogen-bond acceptors (Lipinski definition) is 3. The number of nitrogens with one attached hydrogen (secondary N) is 1. The van der Waals surface area contributed by atoms with Crippen molar-refractivity contribution < 1.29 is 9.13 Å². The summed E-state index contributed by atoms with van der Waals surface area (Å²) in [5.41, 5.74) is 0.688. The summed E-state index contributed by atoms with van der Waals surface area (Å²) in [5, 5.41) is 3.47. The molecule has 0 aliphatic carbocycles. The van der Waals surface area contributed by atoms with E-state index in [0.717, 1.165) is 19.4 Å². The van der Waals surface area contributed by atoms with E-state index in [0.29, 0.717) is 11.3 Å². The average molecular weight is 299 g/mol.